The lowest BCUT2D eigenvalue weighted by Gasteiger charge is -2.19. The van der Waals surface area contributed by atoms with Gasteiger partial charge in [-0.3, -0.25) is 0 Å². The molecule has 0 radical (unpaired) electrons. The van der Waals surface area contributed by atoms with E-state index in [4.69, 9.17) is 12.6 Å². The van der Waals surface area contributed by atoms with E-state index >= 15 is 0 Å². The summed E-state index contributed by atoms with van der Waals surface area (Å²) < 4.78 is 86.4. The van der Waals surface area contributed by atoms with Crippen LogP contribution in [0.4, 0.5) is 0 Å². The van der Waals surface area contributed by atoms with Gasteiger partial charge in [0.25, 0.3) is 0 Å². The summed E-state index contributed by atoms with van der Waals surface area (Å²) in [6, 6.07) is 35.3. The van der Waals surface area contributed by atoms with Crippen molar-refractivity contribution in [1.29, 1.82) is 0 Å². The van der Waals surface area contributed by atoms with Gasteiger partial charge in [-0.05, 0) is 113 Å². The van der Waals surface area contributed by atoms with Crippen LogP contribution in [0.5, 0.6) is 0 Å². The van der Waals surface area contributed by atoms with Gasteiger partial charge >= 0.3 is 0 Å². The Morgan fingerprint density at radius 3 is 1.66 bits per heavy atom. The summed E-state index contributed by atoms with van der Waals surface area (Å²) in [6.07, 6.45) is 0. The van der Waals surface area contributed by atoms with E-state index in [1.807, 2.05) is 78.9 Å². The van der Waals surface area contributed by atoms with Crippen molar-refractivity contribution in [3.05, 3.63) is 170 Å². The molecular formula is C46H28O. The van der Waals surface area contributed by atoms with E-state index in [-0.39, 0.29) is 68.5 Å². The third kappa shape index (κ3) is 4.03. The fraction of sp³-hybridized carbons (Fsp3) is 0. The van der Waals surface area contributed by atoms with E-state index in [1.54, 1.807) is 0 Å². The van der Waals surface area contributed by atoms with Crippen molar-refractivity contribution in [3.8, 4) is 33.4 Å². The zero-order valence-electron chi connectivity index (χ0n) is 33.9. The summed E-state index contributed by atoms with van der Waals surface area (Å²) in [5.74, 6) is 0. The van der Waals surface area contributed by atoms with Crippen molar-refractivity contribution in [1.82, 2.24) is 0 Å². The van der Waals surface area contributed by atoms with E-state index in [2.05, 4.69) is 36.4 Å². The number of fused-ring (bicyclic) bond motifs is 7. The third-order valence-electron chi connectivity index (χ3n) is 9.05. The number of rotatable bonds is 3. The van der Waals surface area contributed by atoms with Gasteiger partial charge in [0.15, 0.2) is 0 Å². The predicted molar refractivity (Wildman–Crippen MR) is 200 cm³/mol. The van der Waals surface area contributed by atoms with E-state index in [9.17, 15) is 4.11 Å². The summed E-state index contributed by atoms with van der Waals surface area (Å²) in [5, 5.41) is 5.14. The molecule has 0 N–H and O–H groups in total. The lowest BCUT2D eigenvalue weighted by molar-refractivity contribution is 0.669. The second kappa shape index (κ2) is 10.2. The van der Waals surface area contributed by atoms with Gasteiger partial charge in [-0.15, -0.1) is 0 Å². The average molecular weight is 606 g/mol. The van der Waals surface area contributed by atoms with Crippen LogP contribution < -0.4 is 0 Å². The first-order valence-electron chi connectivity index (χ1n) is 20.0. The minimum atomic E-state index is -0.541. The molecule has 9 aromatic carbocycles. The first kappa shape index (κ1) is 18.7. The number of furan rings is 1. The van der Waals surface area contributed by atoms with Crippen LogP contribution in [0.15, 0.2) is 174 Å². The largest absolute Gasteiger partial charge is 0.456 e. The highest BCUT2D eigenvalue weighted by molar-refractivity contribution is 6.23. The predicted octanol–water partition coefficient (Wildman–Crippen LogP) is 13.2. The minimum absolute atomic E-state index is 0.0126. The SMILES string of the molecule is [2H]c1c([2H])c([2H])c2c([2H])c3c(oc4c([2H])c(-c5c6ccccc6c(-c6cc(-c7ccccc7)c7ccccc7c6)c6ccccc56)c([2H])c([2H])c43)c([2H])c2c1[2H]. The fourth-order valence-electron chi connectivity index (χ4n) is 7.00. The molecule has 1 aromatic heterocycles. The molecule has 0 aliphatic carbocycles. The summed E-state index contributed by atoms with van der Waals surface area (Å²) in [7, 11) is 0. The van der Waals surface area contributed by atoms with Crippen LogP contribution in [0.1, 0.15) is 12.3 Å². The van der Waals surface area contributed by atoms with Gasteiger partial charge in [-0.2, -0.15) is 0 Å². The van der Waals surface area contributed by atoms with Crippen LogP contribution >= 0.6 is 0 Å². The standard InChI is InChI=1S/C46H28O/c1-2-12-29(13-3-1)41-26-34(24-32-16-6-7-17-35(32)41)46-39-20-10-8-18-37(39)45(38-19-9-11-21-40(38)46)33-22-23-36-42-25-30-14-4-5-15-31(30)27-44(42)47-43(36)28-33/h1-28H/i4D,5D,14D,15D,22D,23D,25D,27D,28D. The van der Waals surface area contributed by atoms with Gasteiger partial charge in [0.05, 0.1) is 12.3 Å². The molecule has 0 aliphatic rings. The Hall–Kier alpha value is -6.18. The lowest BCUT2D eigenvalue weighted by Crippen LogP contribution is -1.92. The monoisotopic (exact) mass is 605 g/mol. The molecule has 0 unspecified atom stereocenters. The molecule has 1 nitrogen and oxygen atoms in total. The van der Waals surface area contributed by atoms with E-state index < -0.39 is 24.2 Å². The van der Waals surface area contributed by atoms with Crippen LogP contribution in [-0.2, 0) is 0 Å². The molecule has 0 atom stereocenters. The molecule has 0 fully saturated rings. The highest BCUT2D eigenvalue weighted by Crippen LogP contribution is 2.46. The topological polar surface area (TPSA) is 13.1 Å². The number of benzene rings is 9. The number of hydrogen-bond donors (Lipinski definition) is 0. The summed E-state index contributed by atoms with van der Waals surface area (Å²) in [6.45, 7) is 0. The lowest BCUT2D eigenvalue weighted by atomic mass is 9.84. The van der Waals surface area contributed by atoms with E-state index in [0.29, 0.717) is 5.56 Å². The molecule has 0 spiro atoms. The summed E-state index contributed by atoms with van der Waals surface area (Å²) in [4.78, 5) is 0. The quantitative estimate of drug-likeness (QED) is 0.183. The zero-order chi connectivity index (χ0) is 38.7. The minimum Gasteiger partial charge on any atom is -0.456 e. The van der Waals surface area contributed by atoms with Gasteiger partial charge in [0.2, 0.25) is 0 Å². The Morgan fingerprint density at radius 2 is 0.957 bits per heavy atom. The Bertz CT molecular complexity index is 3300. The van der Waals surface area contributed by atoms with Crippen LogP contribution in [0, 0.1) is 0 Å². The van der Waals surface area contributed by atoms with Gasteiger partial charge in [0, 0.05) is 10.8 Å². The van der Waals surface area contributed by atoms with Gasteiger partial charge < -0.3 is 4.42 Å². The first-order chi connectivity index (χ1) is 27.1. The van der Waals surface area contributed by atoms with Crippen LogP contribution in [0.2, 0.25) is 0 Å². The van der Waals surface area contributed by atoms with Crippen molar-refractivity contribution in [2.75, 3.05) is 0 Å². The molecule has 10 rings (SSSR count). The normalized spacial score (nSPS) is 14.5. The molecule has 1 heteroatoms. The van der Waals surface area contributed by atoms with Crippen LogP contribution in [0.25, 0.3) is 98.4 Å². The molecule has 10 aromatic rings. The Kier molecular flexibility index (Phi) is 4.05. The molecule has 0 saturated heterocycles. The Morgan fingerprint density at radius 1 is 0.383 bits per heavy atom. The number of hydrogen-bond acceptors (Lipinski definition) is 1. The Labute approximate surface area is 284 Å². The maximum absolute atomic E-state index is 9.65. The van der Waals surface area contributed by atoms with Crippen molar-refractivity contribution < 1.29 is 16.8 Å². The highest BCUT2D eigenvalue weighted by atomic mass is 16.3. The molecule has 218 valence electrons. The molecule has 0 saturated carbocycles. The van der Waals surface area contributed by atoms with Crippen LogP contribution in [-0.4, -0.2) is 0 Å². The second-order valence-electron chi connectivity index (χ2n) is 11.7. The maximum Gasteiger partial charge on any atom is 0.136 e. The molecule has 0 bridgehead atoms. The van der Waals surface area contributed by atoms with Crippen molar-refractivity contribution >= 4 is 65.0 Å². The molecule has 0 aliphatic heterocycles. The molecule has 0 amide bonds. The highest BCUT2D eigenvalue weighted by Gasteiger charge is 2.19. The second-order valence-corrected chi connectivity index (χ2v) is 11.7. The zero-order valence-corrected chi connectivity index (χ0v) is 24.9. The maximum atomic E-state index is 9.65. The third-order valence-corrected chi connectivity index (χ3v) is 9.05. The van der Waals surface area contributed by atoms with E-state index in [0.717, 1.165) is 54.6 Å². The summed E-state index contributed by atoms with van der Waals surface area (Å²) >= 11 is 0. The summed E-state index contributed by atoms with van der Waals surface area (Å²) in [5.41, 5.74) is 4.65. The van der Waals surface area contributed by atoms with Crippen molar-refractivity contribution in [2.24, 2.45) is 0 Å². The van der Waals surface area contributed by atoms with E-state index in [1.165, 1.54) is 0 Å². The molecule has 1 heterocycles. The fourth-order valence-corrected chi connectivity index (χ4v) is 7.00. The van der Waals surface area contributed by atoms with Crippen molar-refractivity contribution in [2.45, 2.75) is 0 Å². The smallest absolute Gasteiger partial charge is 0.136 e. The van der Waals surface area contributed by atoms with Gasteiger partial charge in [-0.25, -0.2) is 0 Å². The van der Waals surface area contributed by atoms with Crippen LogP contribution in [0.3, 0.4) is 0 Å². The van der Waals surface area contributed by atoms with Gasteiger partial charge in [-0.1, -0.05) is 133 Å². The molecule has 47 heavy (non-hydrogen) atoms. The van der Waals surface area contributed by atoms with Gasteiger partial charge in [0.1, 0.15) is 11.2 Å². The molecular weight excluding hydrogens is 569 g/mol. The Balaban J connectivity index is 1.32. The average Bonchev–Trinajstić information content (AvgIpc) is 3.64. The first-order valence-corrected chi connectivity index (χ1v) is 15.5. The van der Waals surface area contributed by atoms with Crippen molar-refractivity contribution in [3.63, 3.8) is 0 Å².